The molecule has 0 aromatic heterocycles. The zero-order chi connectivity index (χ0) is 13.4. The second-order valence-electron chi connectivity index (χ2n) is 5.29. The third-order valence-electron chi connectivity index (χ3n) is 4.09. The molecule has 0 unspecified atom stereocenters. The molecule has 2 saturated heterocycles. The molecule has 0 atom stereocenters. The summed E-state index contributed by atoms with van der Waals surface area (Å²) in [4.78, 5) is 5.08. The van der Waals surface area contributed by atoms with E-state index in [0.29, 0.717) is 5.41 Å². The van der Waals surface area contributed by atoms with Crippen LogP contribution in [0.15, 0.2) is 0 Å². The van der Waals surface area contributed by atoms with E-state index in [9.17, 15) is 0 Å². The summed E-state index contributed by atoms with van der Waals surface area (Å²) in [6.45, 7) is 15.8. The molecule has 2 rings (SSSR count). The van der Waals surface area contributed by atoms with Crippen LogP contribution in [0.3, 0.4) is 0 Å². The first-order valence-corrected chi connectivity index (χ1v) is 7.68. The Balaban J connectivity index is 0.000000771. The molecule has 0 saturated carbocycles. The first-order valence-electron chi connectivity index (χ1n) is 7.68. The van der Waals surface area contributed by atoms with Gasteiger partial charge < -0.3 is 4.90 Å². The van der Waals surface area contributed by atoms with Gasteiger partial charge in [0.15, 0.2) is 0 Å². The summed E-state index contributed by atoms with van der Waals surface area (Å²) in [5.74, 6) is 6.41. The molecular formula is C16H30N2. The van der Waals surface area contributed by atoms with Gasteiger partial charge in [0.05, 0.1) is 6.54 Å². The Bertz CT molecular complexity index is 271. The third-order valence-corrected chi connectivity index (χ3v) is 4.09. The van der Waals surface area contributed by atoms with Gasteiger partial charge >= 0.3 is 0 Å². The van der Waals surface area contributed by atoms with Crippen LogP contribution in [0, 0.1) is 17.3 Å². The standard InChI is InChI=1S/C14H24N2.C2H6/c1-3-5-6-9-16-10-7-14(8-11-16)12-15(4-2)13-14;1-2/h3-4,7-13H2,1-2H3;1-2H3. The maximum atomic E-state index is 3.25. The molecule has 2 nitrogen and oxygen atoms in total. The molecule has 2 fully saturated rings. The second kappa shape index (κ2) is 7.81. The topological polar surface area (TPSA) is 6.48 Å². The Hall–Kier alpha value is -0.520. The summed E-state index contributed by atoms with van der Waals surface area (Å²) in [5.41, 5.74) is 0.685. The van der Waals surface area contributed by atoms with E-state index in [2.05, 4.69) is 35.5 Å². The highest BCUT2D eigenvalue weighted by atomic mass is 15.2. The van der Waals surface area contributed by atoms with Crippen molar-refractivity contribution in [2.75, 3.05) is 39.3 Å². The molecule has 0 aromatic carbocycles. The lowest BCUT2D eigenvalue weighted by Gasteiger charge is -2.53. The highest BCUT2D eigenvalue weighted by molar-refractivity contribution is 5.03. The normalized spacial score (nSPS) is 22.4. The molecule has 0 radical (unpaired) electrons. The van der Waals surface area contributed by atoms with E-state index in [1.165, 1.54) is 45.6 Å². The summed E-state index contributed by atoms with van der Waals surface area (Å²) in [6.07, 6.45) is 3.76. The van der Waals surface area contributed by atoms with Crippen LogP contribution in [-0.4, -0.2) is 49.1 Å². The molecule has 104 valence electrons. The van der Waals surface area contributed by atoms with Crippen molar-refractivity contribution in [1.82, 2.24) is 9.80 Å². The van der Waals surface area contributed by atoms with E-state index in [-0.39, 0.29) is 0 Å². The lowest BCUT2D eigenvalue weighted by Crippen LogP contribution is -2.60. The summed E-state index contributed by atoms with van der Waals surface area (Å²) < 4.78 is 0. The minimum Gasteiger partial charge on any atom is -0.302 e. The summed E-state index contributed by atoms with van der Waals surface area (Å²) in [5, 5.41) is 0. The highest BCUT2D eigenvalue weighted by Crippen LogP contribution is 2.39. The lowest BCUT2D eigenvalue weighted by atomic mass is 9.72. The number of nitrogens with zero attached hydrogens (tertiary/aromatic N) is 2. The smallest absolute Gasteiger partial charge is 0.0601 e. The van der Waals surface area contributed by atoms with Crippen LogP contribution in [-0.2, 0) is 0 Å². The van der Waals surface area contributed by atoms with Crippen molar-refractivity contribution < 1.29 is 0 Å². The van der Waals surface area contributed by atoms with Gasteiger partial charge in [-0.25, -0.2) is 0 Å². The first kappa shape index (κ1) is 15.5. The fourth-order valence-corrected chi connectivity index (χ4v) is 2.92. The molecular weight excluding hydrogens is 220 g/mol. The Morgan fingerprint density at radius 1 is 0.944 bits per heavy atom. The minimum absolute atomic E-state index is 0.685. The Kier molecular flexibility index (Phi) is 6.75. The van der Waals surface area contributed by atoms with Crippen molar-refractivity contribution >= 4 is 0 Å². The van der Waals surface area contributed by atoms with Crippen LogP contribution in [0.1, 0.15) is 47.0 Å². The molecule has 0 N–H and O–H groups in total. The maximum absolute atomic E-state index is 3.25. The molecule has 2 heteroatoms. The number of hydrogen-bond donors (Lipinski definition) is 0. The van der Waals surface area contributed by atoms with Crippen LogP contribution >= 0.6 is 0 Å². The number of hydrogen-bond acceptors (Lipinski definition) is 2. The van der Waals surface area contributed by atoms with Gasteiger partial charge in [0, 0.05) is 19.5 Å². The quantitative estimate of drug-likeness (QED) is 0.695. The monoisotopic (exact) mass is 250 g/mol. The van der Waals surface area contributed by atoms with Crippen LogP contribution < -0.4 is 0 Å². The molecule has 0 aromatic rings. The first-order chi connectivity index (χ1) is 8.78. The van der Waals surface area contributed by atoms with Crippen molar-refractivity contribution in [3.05, 3.63) is 0 Å². The van der Waals surface area contributed by atoms with E-state index in [1.807, 2.05) is 13.8 Å². The predicted octanol–water partition coefficient (Wildman–Crippen LogP) is 2.84. The molecule has 0 amide bonds. The van der Waals surface area contributed by atoms with Gasteiger partial charge in [-0.15, -0.1) is 5.92 Å². The SMILES string of the molecule is CC.CCC#CCN1CCC2(CC1)CN(CC)C2. The van der Waals surface area contributed by atoms with Gasteiger partial charge in [-0.2, -0.15) is 0 Å². The van der Waals surface area contributed by atoms with Crippen LogP contribution in [0.4, 0.5) is 0 Å². The number of piperidine rings is 1. The summed E-state index contributed by atoms with van der Waals surface area (Å²) in [7, 11) is 0. The largest absolute Gasteiger partial charge is 0.302 e. The Labute approximate surface area is 114 Å². The average molecular weight is 250 g/mol. The fourth-order valence-electron chi connectivity index (χ4n) is 2.92. The van der Waals surface area contributed by atoms with Gasteiger partial charge in [-0.3, -0.25) is 4.90 Å². The maximum Gasteiger partial charge on any atom is 0.0601 e. The average Bonchev–Trinajstić information content (AvgIpc) is 2.40. The molecule has 0 aliphatic carbocycles. The minimum atomic E-state index is 0.685. The molecule has 1 spiro atoms. The Morgan fingerprint density at radius 3 is 2.06 bits per heavy atom. The zero-order valence-electron chi connectivity index (χ0n) is 12.8. The van der Waals surface area contributed by atoms with Gasteiger partial charge in [0.25, 0.3) is 0 Å². The van der Waals surface area contributed by atoms with Gasteiger partial charge in [-0.05, 0) is 37.9 Å². The number of likely N-dealkylation sites (tertiary alicyclic amines) is 2. The third kappa shape index (κ3) is 4.00. The highest BCUT2D eigenvalue weighted by Gasteiger charge is 2.43. The molecule has 2 aliphatic rings. The van der Waals surface area contributed by atoms with E-state index in [1.54, 1.807) is 0 Å². The zero-order valence-corrected chi connectivity index (χ0v) is 12.8. The van der Waals surface area contributed by atoms with Crippen LogP contribution in [0.5, 0.6) is 0 Å². The van der Waals surface area contributed by atoms with Crippen molar-refractivity contribution in [2.24, 2.45) is 5.41 Å². The van der Waals surface area contributed by atoms with Gasteiger partial charge in [0.2, 0.25) is 0 Å². The second-order valence-corrected chi connectivity index (χ2v) is 5.29. The van der Waals surface area contributed by atoms with E-state index >= 15 is 0 Å². The molecule has 18 heavy (non-hydrogen) atoms. The van der Waals surface area contributed by atoms with Crippen molar-refractivity contribution in [3.8, 4) is 11.8 Å². The van der Waals surface area contributed by atoms with Gasteiger partial charge in [0.1, 0.15) is 0 Å². The van der Waals surface area contributed by atoms with Crippen LogP contribution in [0.2, 0.25) is 0 Å². The lowest BCUT2D eigenvalue weighted by molar-refractivity contribution is -0.0411. The fraction of sp³-hybridized carbons (Fsp3) is 0.875. The summed E-state index contributed by atoms with van der Waals surface area (Å²) >= 11 is 0. The van der Waals surface area contributed by atoms with E-state index in [4.69, 9.17) is 0 Å². The van der Waals surface area contributed by atoms with Crippen LogP contribution in [0.25, 0.3) is 0 Å². The molecule has 2 aliphatic heterocycles. The van der Waals surface area contributed by atoms with Crippen molar-refractivity contribution in [2.45, 2.75) is 47.0 Å². The van der Waals surface area contributed by atoms with Gasteiger partial charge in [-0.1, -0.05) is 33.6 Å². The molecule has 2 heterocycles. The van der Waals surface area contributed by atoms with Crippen molar-refractivity contribution in [3.63, 3.8) is 0 Å². The number of rotatable bonds is 2. The summed E-state index contributed by atoms with van der Waals surface area (Å²) in [6, 6.07) is 0. The predicted molar refractivity (Wildman–Crippen MR) is 79.6 cm³/mol. The van der Waals surface area contributed by atoms with Crippen molar-refractivity contribution in [1.29, 1.82) is 0 Å². The van der Waals surface area contributed by atoms with E-state index < -0.39 is 0 Å². The molecule has 0 bridgehead atoms. The van der Waals surface area contributed by atoms with E-state index in [0.717, 1.165) is 13.0 Å². The Morgan fingerprint density at radius 2 is 1.56 bits per heavy atom.